The van der Waals surface area contributed by atoms with Crippen molar-refractivity contribution >= 4 is 38.3 Å². The van der Waals surface area contributed by atoms with Crippen molar-refractivity contribution in [1.29, 1.82) is 5.26 Å². The number of aliphatic hydroxyl groups excluding tert-OH is 1. The highest BCUT2D eigenvalue weighted by molar-refractivity contribution is 7.18. The number of fused-ring (bicyclic) bond motifs is 2. The number of halogens is 3. The largest absolute Gasteiger partial charge is 0.496 e. The molecule has 2 saturated heterocycles. The lowest BCUT2D eigenvalue weighted by molar-refractivity contribution is -0.126. The van der Waals surface area contributed by atoms with E-state index in [-0.39, 0.29) is 17.0 Å². The van der Waals surface area contributed by atoms with E-state index in [0.29, 0.717) is 34.8 Å². The Balaban J connectivity index is 1.08. The number of hydrogen-bond donors (Lipinski definition) is 3. The number of nitriles is 1. The van der Waals surface area contributed by atoms with Gasteiger partial charge < -0.3 is 19.7 Å². The highest BCUT2D eigenvalue weighted by atomic mass is 32.1. The van der Waals surface area contributed by atoms with Crippen LogP contribution < -0.4 is 15.4 Å². The van der Waals surface area contributed by atoms with Crippen LogP contribution in [0.4, 0.5) is 19.0 Å². The Hall–Kier alpha value is -3.74. The molecular weight excluding hydrogens is 629 g/mol. The summed E-state index contributed by atoms with van der Waals surface area (Å²) >= 11 is 1.06. The van der Waals surface area contributed by atoms with Gasteiger partial charge >= 0.3 is 6.18 Å². The fraction of sp³-hybridized carbons (Fsp3) is 0.485. The van der Waals surface area contributed by atoms with Crippen molar-refractivity contribution in [2.24, 2.45) is 0 Å². The molecule has 250 valence electrons. The second-order valence-corrected chi connectivity index (χ2v) is 13.4. The maximum absolute atomic E-state index is 12.9. The molecule has 0 aliphatic carbocycles. The van der Waals surface area contributed by atoms with Crippen molar-refractivity contribution in [3.63, 3.8) is 0 Å². The maximum Gasteiger partial charge on any atom is 0.393 e. The van der Waals surface area contributed by atoms with Crippen LogP contribution in [-0.4, -0.2) is 93.8 Å². The minimum absolute atomic E-state index is 0.139. The number of rotatable bonds is 12. The first-order valence-corrected chi connectivity index (χ1v) is 16.6. The summed E-state index contributed by atoms with van der Waals surface area (Å²) in [6.07, 6.45) is -0.413. The van der Waals surface area contributed by atoms with Crippen molar-refractivity contribution in [1.82, 2.24) is 29.7 Å². The van der Waals surface area contributed by atoms with Gasteiger partial charge in [0.2, 0.25) is 0 Å². The van der Waals surface area contributed by atoms with Crippen LogP contribution in [0.15, 0.2) is 43.2 Å². The van der Waals surface area contributed by atoms with E-state index in [1.54, 1.807) is 13.2 Å². The Morgan fingerprint density at radius 1 is 1.13 bits per heavy atom. The molecule has 3 N–H and O–H groups in total. The van der Waals surface area contributed by atoms with Crippen LogP contribution in [0, 0.1) is 11.3 Å². The number of likely N-dealkylation sites (tertiary alicyclic amines) is 2. The molecule has 47 heavy (non-hydrogen) atoms. The topological polar surface area (TPSA) is 114 Å². The van der Waals surface area contributed by atoms with Gasteiger partial charge in [-0.3, -0.25) is 15.1 Å². The van der Waals surface area contributed by atoms with E-state index < -0.39 is 18.8 Å². The smallest absolute Gasteiger partial charge is 0.393 e. The van der Waals surface area contributed by atoms with Gasteiger partial charge in [-0.2, -0.15) is 18.4 Å². The third kappa shape index (κ3) is 7.88. The van der Waals surface area contributed by atoms with Crippen LogP contribution in [0.5, 0.6) is 5.75 Å². The van der Waals surface area contributed by atoms with Gasteiger partial charge in [0, 0.05) is 73.2 Å². The van der Waals surface area contributed by atoms with Crippen LogP contribution in [0.3, 0.4) is 0 Å². The molecule has 14 heteroatoms. The van der Waals surface area contributed by atoms with Crippen molar-refractivity contribution in [3.8, 4) is 11.8 Å². The average molecular weight is 669 g/mol. The predicted molar refractivity (Wildman–Crippen MR) is 176 cm³/mol. The Bertz CT molecular complexity index is 1760. The zero-order valence-corrected chi connectivity index (χ0v) is 27.1. The number of piperidine rings is 1. The molecule has 2 atom stereocenters. The van der Waals surface area contributed by atoms with Crippen LogP contribution in [0.1, 0.15) is 35.4 Å². The Labute approximate surface area is 275 Å². The standard InChI is InChI=1S/C33H39F3N8O2S/c1-3-30(45)40-24-6-9-43(19-24)10-11-44-25(17-37)13-21-12-22(29(46-2)15-28(21)44)18-42-7-4-23(5-8-42)41-31-27-14-26(16-33(34,35)36)47-32(27)39-20-38-31/h3,12-15,20,23-24,30,40,45H,1,4-11,16,18-19H2,2H3,(H,38,39,41)/t24-,30?/m1/s1. The summed E-state index contributed by atoms with van der Waals surface area (Å²) in [5.41, 5.74) is 2.62. The number of nitrogens with one attached hydrogen (secondary N) is 2. The first kappa shape index (κ1) is 33.2. The van der Waals surface area contributed by atoms with Crippen molar-refractivity contribution in [2.75, 3.05) is 45.2 Å². The predicted octanol–water partition coefficient (Wildman–Crippen LogP) is 4.88. The molecule has 0 saturated carbocycles. The number of methoxy groups -OCH3 is 1. The monoisotopic (exact) mass is 668 g/mol. The molecule has 0 spiro atoms. The van der Waals surface area contributed by atoms with E-state index in [1.165, 1.54) is 12.4 Å². The zero-order chi connectivity index (χ0) is 33.1. The van der Waals surface area contributed by atoms with Gasteiger partial charge in [-0.15, -0.1) is 11.3 Å². The minimum atomic E-state index is -4.27. The number of thiophene rings is 1. The molecule has 4 aromatic rings. The lowest BCUT2D eigenvalue weighted by atomic mass is 10.0. The van der Waals surface area contributed by atoms with E-state index >= 15 is 0 Å². The third-order valence-electron chi connectivity index (χ3n) is 9.04. The molecule has 10 nitrogen and oxygen atoms in total. The Morgan fingerprint density at radius 3 is 2.62 bits per heavy atom. The third-order valence-corrected chi connectivity index (χ3v) is 10.1. The second kappa shape index (κ2) is 14.2. The highest BCUT2D eigenvalue weighted by Gasteiger charge is 2.30. The molecule has 2 aliphatic heterocycles. The number of hydrogen-bond acceptors (Lipinski definition) is 10. The lowest BCUT2D eigenvalue weighted by Crippen LogP contribution is -2.39. The maximum atomic E-state index is 12.9. The molecule has 2 fully saturated rings. The minimum Gasteiger partial charge on any atom is -0.496 e. The van der Waals surface area contributed by atoms with Crippen LogP contribution in [0.25, 0.3) is 21.1 Å². The van der Waals surface area contributed by atoms with Crippen molar-refractivity contribution in [3.05, 3.63) is 59.4 Å². The second-order valence-electron chi connectivity index (χ2n) is 12.3. The van der Waals surface area contributed by atoms with Crippen LogP contribution in [-0.2, 0) is 19.5 Å². The SMILES string of the molecule is C=CC(O)N[C@@H]1CCN(CCn2c(C#N)cc3cc(CN4CCC(Nc5ncnc6sc(CC(F)(F)F)cc56)CC4)c(OC)cc32)C1. The molecule has 1 unspecified atom stereocenters. The fourth-order valence-corrected chi connectivity index (χ4v) is 7.71. The van der Waals surface area contributed by atoms with E-state index in [9.17, 15) is 23.5 Å². The van der Waals surface area contributed by atoms with Gasteiger partial charge in [0.15, 0.2) is 0 Å². The molecule has 3 aromatic heterocycles. The van der Waals surface area contributed by atoms with Gasteiger partial charge in [0.25, 0.3) is 0 Å². The van der Waals surface area contributed by atoms with E-state index in [4.69, 9.17) is 4.74 Å². The van der Waals surface area contributed by atoms with Gasteiger partial charge in [0.05, 0.1) is 24.4 Å². The number of nitrogens with zero attached hydrogens (tertiary/aromatic N) is 6. The first-order valence-electron chi connectivity index (χ1n) is 15.8. The zero-order valence-electron chi connectivity index (χ0n) is 26.3. The highest BCUT2D eigenvalue weighted by Crippen LogP contribution is 2.34. The summed E-state index contributed by atoms with van der Waals surface area (Å²) < 4.78 is 46.7. The van der Waals surface area contributed by atoms with Crippen molar-refractivity contribution in [2.45, 2.75) is 63.3 Å². The summed E-state index contributed by atoms with van der Waals surface area (Å²) in [5, 5.41) is 28.0. The summed E-state index contributed by atoms with van der Waals surface area (Å²) in [6.45, 7) is 9.17. The van der Waals surface area contributed by atoms with Gasteiger partial charge in [-0.25, -0.2) is 9.97 Å². The van der Waals surface area contributed by atoms with Crippen LogP contribution >= 0.6 is 11.3 Å². The molecule has 0 amide bonds. The number of anilines is 1. The summed E-state index contributed by atoms with van der Waals surface area (Å²) in [7, 11) is 1.67. The number of aliphatic hydroxyl groups is 1. The number of benzene rings is 1. The fourth-order valence-electron chi connectivity index (χ4n) is 6.68. The summed E-state index contributed by atoms with van der Waals surface area (Å²) in [5.74, 6) is 1.36. The van der Waals surface area contributed by atoms with E-state index in [1.807, 2.05) is 12.1 Å². The van der Waals surface area contributed by atoms with Crippen molar-refractivity contribution < 1.29 is 23.0 Å². The summed E-state index contributed by atoms with van der Waals surface area (Å²) in [6, 6.07) is 10.3. The Kier molecular flexibility index (Phi) is 10.00. The van der Waals surface area contributed by atoms with Gasteiger partial charge in [-0.1, -0.05) is 6.58 Å². The van der Waals surface area contributed by atoms with Gasteiger partial charge in [0.1, 0.15) is 40.7 Å². The average Bonchev–Trinajstić information content (AvgIpc) is 3.76. The molecular formula is C33H39F3N8O2S. The molecule has 0 bridgehead atoms. The molecule has 2 aliphatic rings. The normalized spacial score (nSPS) is 18.9. The Morgan fingerprint density at radius 2 is 1.89 bits per heavy atom. The van der Waals surface area contributed by atoms with Gasteiger partial charge in [-0.05, 0) is 50.1 Å². The molecule has 1 aromatic carbocycles. The number of alkyl halides is 3. The quantitative estimate of drug-likeness (QED) is 0.144. The molecule has 5 heterocycles. The number of aromatic nitrogens is 3. The molecule has 0 radical (unpaired) electrons. The number of ether oxygens (including phenoxy) is 1. The molecule has 6 rings (SSSR count). The summed E-state index contributed by atoms with van der Waals surface area (Å²) in [4.78, 5) is 14.0. The van der Waals surface area contributed by atoms with Crippen LogP contribution in [0.2, 0.25) is 0 Å². The lowest BCUT2D eigenvalue weighted by Gasteiger charge is -2.33. The van der Waals surface area contributed by atoms with E-state index in [0.717, 1.165) is 85.5 Å². The van der Waals surface area contributed by atoms with E-state index in [2.05, 4.69) is 53.7 Å². The first-order chi connectivity index (χ1) is 22.6.